The summed E-state index contributed by atoms with van der Waals surface area (Å²) in [7, 11) is 0. The van der Waals surface area contributed by atoms with Crippen LogP contribution < -0.4 is 4.74 Å². The van der Waals surface area contributed by atoms with Crippen LogP contribution in [0.4, 0.5) is 0 Å². The summed E-state index contributed by atoms with van der Waals surface area (Å²) in [5.41, 5.74) is 0. The van der Waals surface area contributed by atoms with E-state index in [1.165, 1.54) is 5.39 Å². The van der Waals surface area contributed by atoms with Gasteiger partial charge >= 0.3 is 0 Å². The Morgan fingerprint density at radius 3 is 2.75 bits per heavy atom. The van der Waals surface area contributed by atoms with Gasteiger partial charge in [-0.1, -0.05) is 36.4 Å². The van der Waals surface area contributed by atoms with Crippen molar-refractivity contribution >= 4 is 10.8 Å². The van der Waals surface area contributed by atoms with Crippen LogP contribution in [-0.2, 0) is 0 Å². The Hall–Kier alpha value is -1.94. The van der Waals surface area contributed by atoms with E-state index in [4.69, 9.17) is 11.2 Å². The molecule has 0 atom stereocenters. The molecule has 0 amide bonds. The van der Waals surface area contributed by atoms with E-state index in [9.17, 15) is 0 Å². The van der Waals surface area contributed by atoms with Crippen LogP contribution in [0.25, 0.3) is 10.8 Å². The average Bonchev–Trinajstić information content (AvgIpc) is 2.35. The molecule has 0 bridgehead atoms. The summed E-state index contributed by atoms with van der Waals surface area (Å²) in [4.78, 5) is 0. The molecule has 16 heavy (non-hydrogen) atoms. The van der Waals surface area contributed by atoms with Crippen LogP contribution >= 0.6 is 0 Å². The fraction of sp³-hybridized carbons (Fsp3) is 0.200. The fourth-order valence-electron chi connectivity index (χ4n) is 1.68. The van der Waals surface area contributed by atoms with E-state index in [1.54, 1.807) is 0 Å². The highest BCUT2D eigenvalue weighted by Crippen LogP contribution is 2.25. The van der Waals surface area contributed by atoms with Crippen LogP contribution in [0, 0.1) is 12.3 Å². The Balaban J connectivity index is 2.15. The van der Waals surface area contributed by atoms with E-state index in [2.05, 4.69) is 24.1 Å². The van der Waals surface area contributed by atoms with E-state index >= 15 is 0 Å². The van der Waals surface area contributed by atoms with Crippen molar-refractivity contribution in [3.05, 3.63) is 42.5 Å². The minimum atomic E-state index is 0.679. The molecule has 1 nitrogen and oxygen atoms in total. The lowest BCUT2D eigenvalue weighted by Crippen LogP contribution is -1.97. The van der Waals surface area contributed by atoms with Gasteiger partial charge in [-0.05, 0) is 17.9 Å². The van der Waals surface area contributed by atoms with Crippen molar-refractivity contribution in [2.24, 2.45) is 0 Å². The number of rotatable bonds is 4. The van der Waals surface area contributed by atoms with Gasteiger partial charge in [-0.2, -0.15) is 0 Å². The van der Waals surface area contributed by atoms with Gasteiger partial charge in [0.25, 0.3) is 0 Å². The highest BCUT2D eigenvalue weighted by molar-refractivity contribution is 5.88. The molecule has 0 spiro atoms. The highest BCUT2D eigenvalue weighted by atomic mass is 16.5. The number of hydrogen-bond donors (Lipinski definition) is 0. The van der Waals surface area contributed by atoms with Gasteiger partial charge in [0.05, 0.1) is 6.61 Å². The number of fused-ring (bicyclic) bond motifs is 1. The molecule has 0 aromatic heterocycles. The Morgan fingerprint density at radius 2 is 1.88 bits per heavy atom. The molecule has 0 aliphatic rings. The van der Waals surface area contributed by atoms with E-state index in [0.717, 1.165) is 24.0 Å². The van der Waals surface area contributed by atoms with E-state index in [1.807, 2.05) is 24.3 Å². The standard InChI is InChI=1S/C15H14O/c1-2-3-6-12-16-15-11-7-9-13-8-4-5-10-14(13)15/h1,4-5,7-11H,3,6,12H2. The molecule has 2 aromatic rings. The van der Waals surface area contributed by atoms with Gasteiger partial charge in [0, 0.05) is 11.8 Å². The summed E-state index contributed by atoms with van der Waals surface area (Å²) >= 11 is 0. The number of unbranched alkanes of at least 4 members (excludes halogenated alkanes) is 1. The number of hydrogen-bond acceptors (Lipinski definition) is 1. The summed E-state index contributed by atoms with van der Waals surface area (Å²) in [6.07, 6.45) is 6.86. The van der Waals surface area contributed by atoms with Gasteiger partial charge in [0.1, 0.15) is 5.75 Å². The smallest absolute Gasteiger partial charge is 0.127 e. The number of benzene rings is 2. The second kappa shape index (κ2) is 5.23. The fourth-order valence-corrected chi connectivity index (χ4v) is 1.68. The SMILES string of the molecule is C#CCCCOc1cccc2ccccc12. The van der Waals surface area contributed by atoms with Crippen molar-refractivity contribution in [1.29, 1.82) is 0 Å². The monoisotopic (exact) mass is 210 g/mol. The van der Waals surface area contributed by atoms with Gasteiger partial charge in [-0.15, -0.1) is 12.3 Å². The van der Waals surface area contributed by atoms with Gasteiger partial charge in [0.2, 0.25) is 0 Å². The Morgan fingerprint density at radius 1 is 1.06 bits per heavy atom. The predicted octanol–water partition coefficient (Wildman–Crippen LogP) is 3.63. The zero-order chi connectivity index (χ0) is 11.2. The molecule has 0 heterocycles. The van der Waals surface area contributed by atoms with E-state index in [-0.39, 0.29) is 0 Å². The minimum absolute atomic E-state index is 0.679. The first-order chi connectivity index (χ1) is 7.92. The van der Waals surface area contributed by atoms with Gasteiger partial charge in [-0.3, -0.25) is 0 Å². The number of ether oxygens (including phenoxy) is 1. The summed E-state index contributed by atoms with van der Waals surface area (Å²) in [5.74, 6) is 3.55. The average molecular weight is 210 g/mol. The lowest BCUT2D eigenvalue weighted by molar-refractivity contribution is 0.316. The molecule has 0 aliphatic heterocycles. The van der Waals surface area contributed by atoms with Crippen LogP contribution in [0.2, 0.25) is 0 Å². The Labute approximate surface area is 96.1 Å². The Kier molecular flexibility index (Phi) is 3.46. The van der Waals surface area contributed by atoms with Crippen molar-refractivity contribution in [3.8, 4) is 18.1 Å². The minimum Gasteiger partial charge on any atom is -0.493 e. The van der Waals surface area contributed by atoms with Crippen LogP contribution in [0.5, 0.6) is 5.75 Å². The van der Waals surface area contributed by atoms with Crippen LogP contribution in [0.1, 0.15) is 12.8 Å². The third-order valence-electron chi connectivity index (χ3n) is 2.47. The molecule has 2 aromatic carbocycles. The third kappa shape index (κ3) is 2.35. The zero-order valence-electron chi connectivity index (χ0n) is 9.15. The first kappa shape index (κ1) is 10.6. The lowest BCUT2D eigenvalue weighted by atomic mass is 10.1. The topological polar surface area (TPSA) is 9.23 Å². The summed E-state index contributed by atoms with van der Waals surface area (Å²) < 4.78 is 5.73. The second-order valence-corrected chi connectivity index (χ2v) is 3.63. The molecule has 0 fully saturated rings. The normalized spacial score (nSPS) is 9.94. The highest BCUT2D eigenvalue weighted by Gasteiger charge is 1.99. The lowest BCUT2D eigenvalue weighted by Gasteiger charge is -2.08. The molecule has 0 saturated carbocycles. The maximum atomic E-state index is 5.73. The quantitative estimate of drug-likeness (QED) is 0.553. The van der Waals surface area contributed by atoms with Crippen molar-refractivity contribution < 1.29 is 4.74 Å². The predicted molar refractivity (Wildman–Crippen MR) is 67.5 cm³/mol. The van der Waals surface area contributed by atoms with Gasteiger partial charge < -0.3 is 4.74 Å². The van der Waals surface area contributed by atoms with Crippen molar-refractivity contribution in [2.75, 3.05) is 6.61 Å². The summed E-state index contributed by atoms with van der Waals surface area (Å²) in [5, 5.41) is 2.36. The van der Waals surface area contributed by atoms with Crippen LogP contribution in [0.15, 0.2) is 42.5 Å². The first-order valence-electron chi connectivity index (χ1n) is 5.46. The summed E-state index contributed by atoms with van der Waals surface area (Å²) in [6, 6.07) is 14.3. The number of terminal acetylenes is 1. The molecule has 2 rings (SSSR count). The second-order valence-electron chi connectivity index (χ2n) is 3.63. The molecule has 80 valence electrons. The molecule has 0 saturated heterocycles. The van der Waals surface area contributed by atoms with Crippen LogP contribution in [0.3, 0.4) is 0 Å². The maximum absolute atomic E-state index is 5.73. The molecule has 0 N–H and O–H groups in total. The molecular weight excluding hydrogens is 196 g/mol. The van der Waals surface area contributed by atoms with Crippen molar-refractivity contribution in [1.82, 2.24) is 0 Å². The first-order valence-corrected chi connectivity index (χ1v) is 5.46. The molecule has 0 unspecified atom stereocenters. The Bertz CT molecular complexity index is 503. The van der Waals surface area contributed by atoms with E-state index in [0.29, 0.717) is 6.61 Å². The van der Waals surface area contributed by atoms with E-state index < -0.39 is 0 Å². The van der Waals surface area contributed by atoms with Crippen molar-refractivity contribution in [2.45, 2.75) is 12.8 Å². The van der Waals surface area contributed by atoms with Gasteiger partial charge in [-0.25, -0.2) is 0 Å². The molecule has 0 aliphatic carbocycles. The van der Waals surface area contributed by atoms with Crippen molar-refractivity contribution in [3.63, 3.8) is 0 Å². The molecule has 1 heteroatoms. The maximum Gasteiger partial charge on any atom is 0.127 e. The summed E-state index contributed by atoms with van der Waals surface area (Å²) in [6.45, 7) is 0.679. The third-order valence-corrected chi connectivity index (χ3v) is 2.47. The van der Waals surface area contributed by atoms with Gasteiger partial charge in [0.15, 0.2) is 0 Å². The molecule has 0 radical (unpaired) electrons. The zero-order valence-corrected chi connectivity index (χ0v) is 9.15. The largest absolute Gasteiger partial charge is 0.493 e. The molecular formula is C15H14O. The van der Waals surface area contributed by atoms with Crippen LogP contribution in [-0.4, -0.2) is 6.61 Å².